The maximum atomic E-state index is 13.0. The molecule has 22 heavy (non-hydrogen) atoms. The van der Waals surface area contributed by atoms with Gasteiger partial charge >= 0.3 is 0 Å². The maximum absolute atomic E-state index is 13.0. The standard InChI is InChI=1S/C18H16FN3/c19-16-4-2-6-18(11-16)22-21-12-13-7-8-15(9-13)14-3-1-5-17(20)10-14/h1-8,10-12,22H,9,20H2/b21-12+. The number of nitrogen functional groups attached to an aromatic ring is 1. The topological polar surface area (TPSA) is 50.4 Å². The predicted molar refractivity (Wildman–Crippen MR) is 90.0 cm³/mol. The Kier molecular flexibility index (Phi) is 4.01. The van der Waals surface area contributed by atoms with Crippen LogP contribution in [0.3, 0.4) is 0 Å². The molecule has 0 aromatic heterocycles. The zero-order chi connectivity index (χ0) is 15.4. The highest BCUT2D eigenvalue weighted by Gasteiger charge is 2.09. The number of rotatable bonds is 4. The van der Waals surface area contributed by atoms with Gasteiger partial charge in [0.05, 0.1) is 11.9 Å². The fraction of sp³-hybridized carbons (Fsp3) is 0.0556. The van der Waals surface area contributed by atoms with E-state index in [1.165, 1.54) is 17.7 Å². The Bertz CT molecular complexity index is 775. The van der Waals surface area contributed by atoms with Crippen LogP contribution in [-0.2, 0) is 0 Å². The first-order chi connectivity index (χ1) is 10.7. The molecule has 1 aliphatic rings. The number of allylic oxidation sites excluding steroid dienone is 4. The average molecular weight is 293 g/mol. The molecule has 0 unspecified atom stereocenters. The van der Waals surface area contributed by atoms with E-state index in [-0.39, 0.29) is 5.82 Å². The molecule has 2 aromatic carbocycles. The quantitative estimate of drug-likeness (QED) is 0.504. The molecule has 0 saturated heterocycles. The predicted octanol–water partition coefficient (Wildman–Crippen LogP) is 4.22. The van der Waals surface area contributed by atoms with Gasteiger partial charge in [0.2, 0.25) is 0 Å². The second-order valence-corrected chi connectivity index (χ2v) is 5.12. The zero-order valence-corrected chi connectivity index (χ0v) is 12.0. The molecule has 3 N–H and O–H groups in total. The van der Waals surface area contributed by atoms with Crippen molar-refractivity contribution in [2.45, 2.75) is 6.42 Å². The van der Waals surface area contributed by atoms with Crippen LogP contribution in [0.5, 0.6) is 0 Å². The van der Waals surface area contributed by atoms with Crippen LogP contribution in [0, 0.1) is 5.82 Å². The Balaban J connectivity index is 1.59. The number of nitrogens with two attached hydrogens (primary N) is 1. The lowest BCUT2D eigenvalue weighted by Gasteiger charge is -2.04. The van der Waals surface area contributed by atoms with E-state index in [1.54, 1.807) is 18.3 Å². The number of nitrogens with one attached hydrogen (secondary N) is 1. The van der Waals surface area contributed by atoms with Gasteiger partial charge in [-0.15, -0.1) is 0 Å². The first-order valence-corrected chi connectivity index (χ1v) is 7.01. The van der Waals surface area contributed by atoms with Gasteiger partial charge in [0.1, 0.15) is 5.82 Å². The Morgan fingerprint density at radius 2 is 1.95 bits per heavy atom. The van der Waals surface area contributed by atoms with Crippen LogP contribution < -0.4 is 11.2 Å². The maximum Gasteiger partial charge on any atom is 0.125 e. The summed E-state index contributed by atoms with van der Waals surface area (Å²) in [6, 6.07) is 14.0. The molecule has 0 heterocycles. The van der Waals surface area contributed by atoms with Gasteiger partial charge in [-0.2, -0.15) is 5.10 Å². The van der Waals surface area contributed by atoms with Crippen molar-refractivity contribution in [2.75, 3.05) is 11.2 Å². The van der Waals surface area contributed by atoms with Crippen molar-refractivity contribution >= 4 is 23.2 Å². The minimum Gasteiger partial charge on any atom is -0.399 e. The summed E-state index contributed by atoms with van der Waals surface area (Å²) < 4.78 is 13.0. The number of nitrogens with zero attached hydrogens (tertiary/aromatic N) is 1. The molecule has 0 saturated carbocycles. The molecule has 0 bridgehead atoms. The number of halogens is 1. The van der Waals surface area contributed by atoms with Crippen molar-refractivity contribution in [2.24, 2.45) is 5.10 Å². The van der Waals surface area contributed by atoms with Crippen molar-refractivity contribution in [3.8, 4) is 0 Å². The largest absolute Gasteiger partial charge is 0.399 e. The third kappa shape index (κ3) is 3.41. The minimum absolute atomic E-state index is 0.286. The van der Waals surface area contributed by atoms with Crippen LogP contribution >= 0.6 is 0 Å². The zero-order valence-electron chi connectivity index (χ0n) is 12.0. The van der Waals surface area contributed by atoms with Crippen LogP contribution in [0.25, 0.3) is 5.57 Å². The molecule has 0 atom stereocenters. The average Bonchev–Trinajstić information content (AvgIpc) is 2.96. The molecular formula is C18H16FN3. The number of anilines is 2. The van der Waals surface area contributed by atoms with E-state index >= 15 is 0 Å². The number of hydrogen-bond acceptors (Lipinski definition) is 3. The van der Waals surface area contributed by atoms with Gasteiger partial charge in [-0.25, -0.2) is 4.39 Å². The van der Waals surface area contributed by atoms with E-state index in [0.29, 0.717) is 5.69 Å². The summed E-state index contributed by atoms with van der Waals surface area (Å²) in [6.07, 6.45) is 6.64. The molecule has 0 amide bonds. The molecule has 3 rings (SSSR count). The Labute approximate surface area is 128 Å². The second-order valence-electron chi connectivity index (χ2n) is 5.12. The lowest BCUT2D eigenvalue weighted by atomic mass is 10.0. The summed E-state index contributed by atoms with van der Waals surface area (Å²) >= 11 is 0. The van der Waals surface area contributed by atoms with Crippen molar-refractivity contribution in [3.63, 3.8) is 0 Å². The minimum atomic E-state index is -0.286. The molecule has 0 aliphatic heterocycles. The molecule has 0 spiro atoms. The number of hydrazone groups is 1. The van der Waals surface area contributed by atoms with Gasteiger partial charge in [0.25, 0.3) is 0 Å². The molecule has 110 valence electrons. The molecule has 4 heteroatoms. The molecule has 3 nitrogen and oxygen atoms in total. The summed E-state index contributed by atoms with van der Waals surface area (Å²) in [5.41, 5.74) is 13.4. The van der Waals surface area contributed by atoms with Gasteiger partial charge in [-0.3, -0.25) is 5.43 Å². The first kappa shape index (κ1) is 14.1. The van der Waals surface area contributed by atoms with Gasteiger partial charge in [0.15, 0.2) is 0 Å². The van der Waals surface area contributed by atoms with Crippen molar-refractivity contribution in [1.29, 1.82) is 0 Å². The van der Waals surface area contributed by atoms with E-state index in [4.69, 9.17) is 5.73 Å². The van der Waals surface area contributed by atoms with Crippen LogP contribution in [0.4, 0.5) is 15.8 Å². The Morgan fingerprint density at radius 1 is 1.09 bits per heavy atom. The van der Waals surface area contributed by atoms with Crippen molar-refractivity contribution in [1.82, 2.24) is 0 Å². The fourth-order valence-electron chi connectivity index (χ4n) is 2.32. The summed E-state index contributed by atoms with van der Waals surface area (Å²) in [6.45, 7) is 0. The highest BCUT2D eigenvalue weighted by molar-refractivity contribution is 5.88. The van der Waals surface area contributed by atoms with E-state index in [2.05, 4.69) is 16.6 Å². The SMILES string of the molecule is Nc1cccc(C2=CC=C(/C=N/Nc3cccc(F)c3)C2)c1. The summed E-state index contributed by atoms with van der Waals surface area (Å²) in [4.78, 5) is 0. The van der Waals surface area contributed by atoms with Crippen LogP contribution in [0.2, 0.25) is 0 Å². The third-order valence-corrected chi connectivity index (χ3v) is 3.40. The number of benzene rings is 2. The molecule has 1 aliphatic carbocycles. The number of hydrogen-bond donors (Lipinski definition) is 2. The van der Waals surface area contributed by atoms with Gasteiger partial charge in [-0.05, 0) is 53.5 Å². The van der Waals surface area contributed by atoms with Crippen LogP contribution in [0.1, 0.15) is 12.0 Å². The van der Waals surface area contributed by atoms with Crippen molar-refractivity contribution < 1.29 is 4.39 Å². The fourth-order valence-corrected chi connectivity index (χ4v) is 2.32. The summed E-state index contributed by atoms with van der Waals surface area (Å²) in [5.74, 6) is -0.286. The van der Waals surface area contributed by atoms with Gasteiger partial charge in [0, 0.05) is 5.69 Å². The van der Waals surface area contributed by atoms with E-state index in [1.807, 2.05) is 30.3 Å². The summed E-state index contributed by atoms with van der Waals surface area (Å²) in [7, 11) is 0. The monoisotopic (exact) mass is 293 g/mol. The lowest BCUT2D eigenvalue weighted by Crippen LogP contribution is -1.92. The molecule has 2 aromatic rings. The van der Waals surface area contributed by atoms with Crippen LogP contribution in [0.15, 0.2) is 71.4 Å². The van der Waals surface area contributed by atoms with E-state index in [9.17, 15) is 4.39 Å². The third-order valence-electron chi connectivity index (χ3n) is 3.40. The van der Waals surface area contributed by atoms with Crippen LogP contribution in [-0.4, -0.2) is 6.21 Å². The first-order valence-electron chi connectivity index (χ1n) is 7.01. The lowest BCUT2D eigenvalue weighted by molar-refractivity contribution is 0.628. The highest BCUT2D eigenvalue weighted by atomic mass is 19.1. The Hall–Kier alpha value is -2.88. The van der Waals surface area contributed by atoms with Gasteiger partial charge in [-0.1, -0.05) is 30.4 Å². The van der Waals surface area contributed by atoms with E-state index < -0.39 is 0 Å². The molecular weight excluding hydrogens is 277 g/mol. The molecule has 0 radical (unpaired) electrons. The smallest absolute Gasteiger partial charge is 0.125 e. The summed E-state index contributed by atoms with van der Waals surface area (Å²) in [5, 5.41) is 4.14. The van der Waals surface area contributed by atoms with E-state index in [0.717, 1.165) is 23.2 Å². The van der Waals surface area contributed by atoms with Gasteiger partial charge < -0.3 is 5.73 Å². The Morgan fingerprint density at radius 3 is 2.77 bits per heavy atom. The highest BCUT2D eigenvalue weighted by Crippen LogP contribution is 2.28. The molecule has 0 fully saturated rings. The second kappa shape index (κ2) is 6.26. The van der Waals surface area contributed by atoms with Crippen molar-refractivity contribution in [3.05, 3.63) is 77.6 Å². The normalized spacial score (nSPS) is 14.0.